The Labute approximate surface area is 82.9 Å². The van der Waals surface area contributed by atoms with Crippen molar-refractivity contribution in [2.24, 2.45) is 11.7 Å². The Morgan fingerprint density at radius 2 is 1.93 bits per heavy atom. The zero-order valence-electron chi connectivity index (χ0n) is 8.21. The highest BCUT2D eigenvalue weighted by Gasteiger charge is 2.19. The molecule has 0 bridgehead atoms. The molecule has 0 amide bonds. The predicted octanol–water partition coefficient (Wildman–Crippen LogP) is 2.38. The minimum Gasteiger partial charge on any atom is -0.330 e. The van der Waals surface area contributed by atoms with Crippen LogP contribution in [-0.2, 0) is 6.42 Å². The van der Waals surface area contributed by atoms with Gasteiger partial charge >= 0.3 is 0 Å². The molecule has 1 nitrogen and oxygen atoms in total. The molecule has 0 aliphatic carbocycles. The Bertz CT molecular complexity index is 286. The summed E-state index contributed by atoms with van der Waals surface area (Å²) in [6, 6.07) is 7.56. The first kappa shape index (κ1) is 11.1. The zero-order valence-corrected chi connectivity index (χ0v) is 8.21. The monoisotopic (exact) mass is 199 g/mol. The van der Waals surface area contributed by atoms with Crippen LogP contribution in [0.25, 0.3) is 0 Å². The number of alkyl halides is 2. The fourth-order valence-corrected chi connectivity index (χ4v) is 1.40. The lowest BCUT2D eigenvalue weighted by atomic mass is 9.96. The Balaban J connectivity index is 2.72. The number of hydrogen-bond acceptors (Lipinski definition) is 1. The quantitative estimate of drug-likeness (QED) is 0.791. The van der Waals surface area contributed by atoms with Crippen molar-refractivity contribution in [3.8, 4) is 0 Å². The van der Waals surface area contributed by atoms with Crippen LogP contribution in [0.3, 0.4) is 0 Å². The van der Waals surface area contributed by atoms with Crippen LogP contribution in [0.15, 0.2) is 24.3 Å². The van der Waals surface area contributed by atoms with E-state index in [2.05, 4.69) is 0 Å². The van der Waals surface area contributed by atoms with Crippen LogP contribution in [0, 0.1) is 12.8 Å². The Morgan fingerprint density at radius 1 is 1.29 bits per heavy atom. The van der Waals surface area contributed by atoms with E-state index in [1.165, 1.54) is 0 Å². The summed E-state index contributed by atoms with van der Waals surface area (Å²) in [7, 11) is 0. The average Bonchev–Trinajstić information content (AvgIpc) is 2.16. The molecule has 0 aliphatic rings. The van der Waals surface area contributed by atoms with Crippen LogP contribution in [-0.4, -0.2) is 13.0 Å². The van der Waals surface area contributed by atoms with E-state index in [-0.39, 0.29) is 6.54 Å². The second-order valence-electron chi connectivity index (χ2n) is 3.46. The molecule has 1 rings (SSSR count). The molecule has 0 heterocycles. The van der Waals surface area contributed by atoms with Crippen molar-refractivity contribution in [3.05, 3.63) is 35.4 Å². The molecule has 1 aromatic rings. The average molecular weight is 199 g/mol. The van der Waals surface area contributed by atoms with Gasteiger partial charge in [-0.15, -0.1) is 0 Å². The molecule has 0 saturated heterocycles. The van der Waals surface area contributed by atoms with Crippen molar-refractivity contribution < 1.29 is 8.78 Å². The van der Waals surface area contributed by atoms with E-state index in [4.69, 9.17) is 5.73 Å². The second kappa shape index (κ2) is 5.05. The molecule has 78 valence electrons. The van der Waals surface area contributed by atoms with Crippen LogP contribution in [0.2, 0.25) is 0 Å². The maximum absolute atomic E-state index is 12.4. The Kier molecular flexibility index (Phi) is 4.01. The van der Waals surface area contributed by atoms with Crippen molar-refractivity contribution in [1.29, 1.82) is 0 Å². The van der Waals surface area contributed by atoms with Gasteiger partial charge < -0.3 is 5.73 Å². The summed E-state index contributed by atoms with van der Waals surface area (Å²) in [6.45, 7) is 1.96. The molecular weight excluding hydrogens is 184 g/mol. The van der Waals surface area contributed by atoms with Crippen molar-refractivity contribution in [2.45, 2.75) is 19.8 Å². The summed E-state index contributed by atoms with van der Waals surface area (Å²) in [5, 5.41) is 0. The third kappa shape index (κ3) is 2.77. The molecule has 0 spiro atoms. The molecule has 0 aliphatic heterocycles. The van der Waals surface area contributed by atoms with E-state index in [1.807, 2.05) is 31.2 Å². The van der Waals surface area contributed by atoms with Crippen LogP contribution < -0.4 is 5.73 Å². The number of nitrogens with two attached hydrogens (primary N) is 1. The van der Waals surface area contributed by atoms with Gasteiger partial charge in [0, 0.05) is 12.5 Å². The van der Waals surface area contributed by atoms with Crippen molar-refractivity contribution in [3.63, 3.8) is 0 Å². The molecule has 1 unspecified atom stereocenters. The van der Waals surface area contributed by atoms with Gasteiger partial charge in [0.15, 0.2) is 0 Å². The van der Waals surface area contributed by atoms with E-state index in [9.17, 15) is 8.78 Å². The molecule has 3 heteroatoms. The topological polar surface area (TPSA) is 26.0 Å². The van der Waals surface area contributed by atoms with Gasteiger partial charge in [0.1, 0.15) is 0 Å². The summed E-state index contributed by atoms with van der Waals surface area (Å²) >= 11 is 0. The standard InChI is InChI=1S/C11H15F2N/c1-8-4-2-3-5-9(8)6-10(7-14)11(12)13/h2-5,10-11H,6-7,14H2,1H3. The summed E-state index contributed by atoms with van der Waals surface area (Å²) in [6.07, 6.45) is -1.97. The van der Waals surface area contributed by atoms with E-state index in [1.54, 1.807) is 0 Å². The molecule has 0 saturated carbocycles. The highest BCUT2D eigenvalue weighted by Crippen LogP contribution is 2.17. The van der Waals surface area contributed by atoms with Crippen molar-refractivity contribution in [1.82, 2.24) is 0 Å². The lowest BCUT2D eigenvalue weighted by molar-refractivity contribution is 0.0813. The largest absolute Gasteiger partial charge is 0.330 e. The van der Waals surface area contributed by atoms with Gasteiger partial charge in [-0.2, -0.15) is 0 Å². The highest BCUT2D eigenvalue weighted by atomic mass is 19.3. The minimum atomic E-state index is -2.33. The first-order chi connectivity index (χ1) is 6.65. The van der Waals surface area contributed by atoms with Gasteiger partial charge in [-0.1, -0.05) is 24.3 Å². The Morgan fingerprint density at radius 3 is 2.43 bits per heavy atom. The molecule has 1 atom stereocenters. The summed E-state index contributed by atoms with van der Waals surface area (Å²) < 4.78 is 24.9. The van der Waals surface area contributed by atoms with Gasteiger partial charge in [-0.05, 0) is 24.5 Å². The number of halogens is 2. The molecule has 14 heavy (non-hydrogen) atoms. The van der Waals surface area contributed by atoms with Gasteiger partial charge in [0.05, 0.1) is 0 Å². The smallest absolute Gasteiger partial charge is 0.242 e. The van der Waals surface area contributed by atoms with E-state index < -0.39 is 12.3 Å². The fraction of sp³-hybridized carbons (Fsp3) is 0.455. The third-order valence-corrected chi connectivity index (χ3v) is 2.40. The van der Waals surface area contributed by atoms with E-state index in [0.29, 0.717) is 6.42 Å². The lowest BCUT2D eigenvalue weighted by Gasteiger charge is -2.14. The highest BCUT2D eigenvalue weighted by molar-refractivity contribution is 5.26. The third-order valence-electron chi connectivity index (χ3n) is 2.40. The van der Waals surface area contributed by atoms with Crippen LogP contribution >= 0.6 is 0 Å². The molecule has 2 N–H and O–H groups in total. The summed E-state index contributed by atoms with van der Waals surface area (Å²) in [5.41, 5.74) is 7.30. The summed E-state index contributed by atoms with van der Waals surface area (Å²) in [4.78, 5) is 0. The molecule has 0 aromatic heterocycles. The SMILES string of the molecule is Cc1ccccc1CC(CN)C(F)F. The first-order valence-electron chi connectivity index (χ1n) is 4.68. The zero-order chi connectivity index (χ0) is 10.6. The van der Waals surface area contributed by atoms with Gasteiger partial charge in [-0.3, -0.25) is 0 Å². The number of hydrogen-bond donors (Lipinski definition) is 1. The second-order valence-corrected chi connectivity index (χ2v) is 3.46. The lowest BCUT2D eigenvalue weighted by Crippen LogP contribution is -2.24. The number of aryl methyl sites for hydroxylation is 1. The molecule has 0 radical (unpaired) electrons. The fourth-order valence-electron chi connectivity index (χ4n) is 1.40. The van der Waals surface area contributed by atoms with Crippen molar-refractivity contribution >= 4 is 0 Å². The van der Waals surface area contributed by atoms with E-state index >= 15 is 0 Å². The minimum absolute atomic E-state index is 0.0337. The molecule has 0 fully saturated rings. The predicted molar refractivity (Wildman–Crippen MR) is 53.4 cm³/mol. The normalized spacial score (nSPS) is 13.2. The van der Waals surface area contributed by atoms with Crippen molar-refractivity contribution in [2.75, 3.05) is 6.54 Å². The Hall–Kier alpha value is -0.960. The van der Waals surface area contributed by atoms with Crippen LogP contribution in [0.4, 0.5) is 8.78 Å². The number of rotatable bonds is 4. The van der Waals surface area contributed by atoms with Gasteiger partial charge in [0.25, 0.3) is 0 Å². The van der Waals surface area contributed by atoms with E-state index in [0.717, 1.165) is 11.1 Å². The van der Waals surface area contributed by atoms with Gasteiger partial charge in [0.2, 0.25) is 6.43 Å². The molecule has 1 aromatic carbocycles. The number of benzene rings is 1. The van der Waals surface area contributed by atoms with Gasteiger partial charge in [-0.25, -0.2) is 8.78 Å². The summed E-state index contributed by atoms with van der Waals surface area (Å²) in [5.74, 6) is -0.726. The maximum Gasteiger partial charge on any atom is 0.242 e. The first-order valence-corrected chi connectivity index (χ1v) is 4.68. The molecular formula is C11H15F2N. The van der Waals surface area contributed by atoms with Crippen LogP contribution in [0.1, 0.15) is 11.1 Å². The van der Waals surface area contributed by atoms with Crippen LogP contribution in [0.5, 0.6) is 0 Å². The maximum atomic E-state index is 12.4.